The number of aliphatic imine (C=N–C) groups is 1. The number of ether oxygens (including phenoxy) is 1. The number of phenols is 1. The van der Waals surface area contributed by atoms with Crippen molar-refractivity contribution in [3.63, 3.8) is 0 Å². The molecule has 31 heavy (non-hydrogen) atoms. The van der Waals surface area contributed by atoms with Crippen molar-refractivity contribution in [2.24, 2.45) is 4.99 Å². The van der Waals surface area contributed by atoms with E-state index in [0.29, 0.717) is 33.1 Å². The predicted octanol–water partition coefficient (Wildman–Crippen LogP) is 5.82. The van der Waals surface area contributed by atoms with Gasteiger partial charge in [-0.1, -0.05) is 54.1 Å². The summed E-state index contributed by atoms with van der Waals surface area (Å²) in [7, 11) is 0. The van der Waals surface area contributed by atoms with Gasteiger partial charge in [-0.25, -0.2) is 4.99 Å². The number of thioether (sulfide) groups is 1. The second-order valence-corrected chi connectivity index (χ2v) is 8.33. The minimum absolute atomic E-state index is 0.0590. The lowest BCUT2D eigenvalue weighted by molar-refractivity contribution is -0.115. The molecule has 1 aliphatic rings. The van der Waals surface area contributed by atoms with Gasteiger partial charge in [-0.15, -0.1) is 0 Å². The number of hydrogen-bond acceptors (Lipinski definition) is 5. The number of halogens is 1. The van der Waals surface area contributed by atoms with Crippen LogP contribution in [0.1, 0.15) is 16.7 Å². The van der Waals surface area contributed by atoms with Crippen molar-refractivity contribution in [1.82, 2.24) is 5.32 Å². The minimum atomic E-state index is -0.253. The molecule has 7 heteroatoms. The summed E-state index contributed by atoms with van der Waals surface area (Å²) in [4.78, 5) is 17.3. The molecule has 0 bridgehead atoms. The highest BCUT2D eigenvalue weighted by Gasteiger charge is 2.24. The Balaban J connectivity index is 1.55. The average Bonchev–Trinajstić information content (AvgIpc) is 3.10. The Bertz CT molecular complexity index is 1210. The number of aromatic hydroxyl groups is 1. The van der Waals surface area contributed by atoms with Crippen LogP contribution < -0.4 is 10.1 Å². The van der Waals surface area contributed by atoms with Crippen LogP contribution in [0.4, 0.5) is 5.69 Å². The number of aryl methyl sites for hydroxylation is 1. The minimum Gasteiger partial charge on any atom is -0.506 e. The van der Waals surface area contributed by atoms with Crippen molar-refractivity contribution in [2.75, 3.05) is 0 Å². The van der Waals surface area contributed by atoms with Gasteiger partial charge in [0.2, 0.25) is 0 Å². The molecule has 0 saturated carbocycles. The topological polar surface area (TPSA) is 70.9 Å². The fourth-order valence-electron chi connectivity index (χ4n) is 2.96. The van der Waals surface area contributed by atoms with E-state index < -0.39 is 0 Å². The molecule has 0 radical (unpaired) electrons. The van der Waals surface area contributed by atoms with Gasteiger partial charge in [-0.3, -0.25) is 4.79 Å². The first-order valence-electron chi connectivity index (χ1n) is 9.54. The van der Waals surface area contributed by atoms with E-state index in [0.717, 1.165) is 16.7 Å². The maximum absolute atomic E-state index is 12.5. The zero-order valence-electron chi connectivity index (χ0n) is 16.6. The molecule has 0 aromatic heterocycles. The van der Waals surface area contributed by atoms with E-state index >= 15 is 0 Å². The van der Waals surface area contributed by atoms with Crippen LogP contribution in [0.5, 0.6) is 11.5 Å². The Kier molecular flexibility index (Phi) is 6.30. The van der Waals surface area contributed by atoms with Crippen LogP contribution in [-0.4, -0.2) is 16.2 Å². The molecule has 0 spiro atoms. The smallest absolute Gasteiger partial charge is 0.264 e. The van der Waals surface area contributed by atoms with E-state index in [1.54, 1.807) is 24.3 Å². The molecule has 4 rings (SSSR count). The first-order chi connectivity index (χ1) is 15.0. The number of rotatable bonds is 5. The third-order valence-electron chi connectivity index (χ3n) is 4.55. The van der Waals surface area contributed by atoms with Crippen molar-refractivity contribution in [3.8, 4) is 11.5 Å². The van der Waals surface area contributed by atoms with E-state index in [1.165, 1.54) is 11.8 Å². The fraction of sp³-hybridized carbons (Fsp3) is 0.0833. The van der Waals surface area contributed by atoms with E-state index in [9.17, 15) is 9.90 Å². The van der Waals surface area contributed by atoms with Crippen molar-refractivity contribution in [3.05, 3.63) is 93.3 Å². The lowest BCUT2D eigenvalue weighted by atomic mass is 10.2. The van der Waals surface area contributed by atoms with E-state index in [4.69, 9.17) is 16.3 Å². The van der Waals surface area contributed by atoms with Crippen LogP contribution in [0.3, 0.4) is 0 Å². The molecular formula is C24H19ClN2O3S. The summed E-state index contributed by atoms with van der Waals surface area (Å²) in [6, 6.07) is 20.1. The van der Waals surface area contributed by atoms with Gasteiger partial charge in [-0.05, 0) is 54.6 Å². The maximum atomic E-state index is 12.5. The van der Waals surface area contributed by atoms with E-state index in [2.05, 4.69) is 10.3 Å². The lowest BCUT2D eigenvalue weighted by Gasteiger charge is -2.10. The molecular weight excluding hydrogens is 432 g/mol. The van der Waals surface area contributed by atoms with E-state index in [-0.39, 0.29) is 11.7 Å². The van der Waals surface area contributed by atoms with Crippen molar-refractivity contribution in [2.45, 2.75) is 13.5 Å². The Morgan fingerprint density at radius 1 is 1.13 bits per heavy atom. The quantitative estimate of drug-likeness (QED) is 0.480. The van der Waals surface area contributed by atoms with Crippen LogP contribution in [0, 0.1) is 6.92 Å². The molecule has 3 aromatic rings. The number of carbonyl (C=O) groups is 1. The molecule has 1 heterocycles. The van der Waals surface area contributed by atoms with E-state index in [1.807, 2.05) is 55.5 Å². The average molecular weight is 451 g/mol. The van der Waals surface area contributed by atoms with Gasteiger partial charge < -0.3 is 15.2 Å². The molecule has 0 aliphatic carbocycles. The van der Waals surface area contributed by atoms with Gasteiger partial charge >= 0.3 is 0 Å². The molecule has 0 atom stereocenters. The molecule has 3 aromatic carbocycles. The molecule has 1 amide bonds. The summed E-state index contributed by atoms with van der Waals surface area (Å²) in [5.41, 5.74) is 3.03. The van der Waals surface area contributed by atoms with Crippen LogP contribution >= 0.6 is 23.4 Å². The number of amides is 1. The Hall–Kier alpha value is -3.22. The normalized spacial score (nSPS) is 16.0. The number of para-hydroxylation sites is 1. The van der Waals surface area contributed by atoms with Gasteiger partial charge in [-0.2, -0.15) is 0 Å². The number of phenolic OH excluding ortho intramolecular Hbond substituents is 1. The van der Waals surface area contributed by atoms with Crippen LogP contribution in [0.2, 0.25) is 5.02 Å². The number of amidine groups is 1. The molecule has 0 unspecified atom stereocenters. The third kappa shape index (κ3) is 5.10. The zero-order chi connectivity index (χ0) is 21.8. The molecule has 1 saturated heterocycles. The standard InChI is InChI=1S/C24H19ClN2O3S/c1-15-10-11-20(28)19(12-15)26-24-27-23(29)22(31-24)13-16-6-3-5-9-21(16)30-14-17-7-2-4-8-18(17)25/h2-13,28H,14H2,1H3,(H,26,27,29)/b22-13-. The van der Waals surface area contributed by atoms with Gasteiger partial charge in [0.05, 0.1) is 4.91 Å². The first kappa shape index (κ1) is 21.0. The highest BCUT2D eigenvalue weighted by atomic mass is 35.5. The second kappa shape index (κ2) is 9.29. The molecule has 1 fully saturated rings. The second-order valence-electron chi connectivity index (χ2n) is 6.89. The summed E-state index contributed by atoms with van der Waals surface area (Å²) in [5, 5.41) is 13.8. The van der Waals surface area contributed by atoms with Crippen LogP contribution in [-0.2, 0) is 11.4 Å². The Morgan fingerprint density at radius 3 is 2.74 bits per heavy atom. The predicted molar refractivity (Wildman–Crippen MR) is 126 cm³/mol. The van der Waals surface area contributed by atoms with Crippen molar-refractivity contribution >= 4 is 46.2 Å². The van der Waals surface area contributed by atoms with Gasteiger partial charge in [0, 0.05) is 16.1 Å². The summed E-state index contributed by atoms with van der Waals surface area (Å²) in [6.07, 6.45) is 1.76. The van der Waals surface area contributed by atoms with Crippen LogP contribution in [0.25, 0.3) is 6.08 Å². The number of nitrogens with one attached hydrogen (secondary N) is 1. The number of benzene rings is 3. The highest BCUT2D eigenvalue weighted by Crippen LogP contribution is 2.33. The number of nitrogens with zero attached hydrogens (tertiary/aromatic N) is 1. The molecule has 156 valence electrons. The first-order valence-corrected chi connectivity index (χ1v) is 10.7. The largest absolute Gasteiger partial charge is 0.506 e. The summed E-state index contributed by atoms with van der Waals surface area (Å²) < 4.78 is 5.97. The van der Waals surface area contributed by atoms with Crippen molar-refractivity contribution in [1.29, 1.82) is 0 Å². The third-order valence-corrected chi connectivity index (χ3v) is 5.83. The lowest BCUT2D eigenvalue weighted by Crippen LogP contribution is -2.19. The summed E-state index contributed by atoms with van der Waals surface area (Å²) in [6.45, 7) is 2.23. The number of carbonyl (C=O) groups excluding carboxylic acids is 1. The van der Waals surface area contributed by atoms with Crippen LogP contribution in [0.15, 0.2) is 76.6 Å². The summed E-state index contributed by atoms with van der Waals surface area (Å²) >= 11 is 7.42. The SMILES string of the molecule is Cc1ccc(O)c(N=C2NC(=O)/C(=C/c3ccccc3OCc3ccccc3Cl)S2)c1. The molecule has 2 N–H and O–H groups in total. The summed E-state index contributed by atoms with van der Waals surface area (Å²) in [5.74, 6) is 0.450. The fourth-order valence-corrected chi connectivity index (χ4v) is 3.97. The molecule has 5 nitrogen and oxygen atoms in total. The highest BCUT2D eigenvalue weighted by molar-refractivity contribution is 8.18. The van der Waals surface area contributed by atoms with Crippen molar-refractivity contribution < 1.29 is 14.6 Å². The monoisotopic (exact) mass is 450 g/mol. The molecule has 1 aliphatic heterocycles. The van der Waals surface area contributed by atoms with Gasteiger partial charge in [0.1, 0.15) is 23.8 Å². The maximum Gasteiger partial charge on any atom is 0.264 e. The number of hydrogen-bond donors (Lipinski definition) is 2. The Morgan fingerprint density at radius 2 is 1.90 bits per heavy atom. The van der Waals surface area contributed by atoms with Gasteiger partial charge in [0.25, 0.3) is 5.91 Å². The van der Waals surface area contributed by atoms with Gasteiger partial charge in [0.15, 0.2) is 5.17 Å². The zero-order valence-corrected chi connectivity index (χ0v) is 18.2. The Labute approximate surface area is 189 Å².